The van der Waals surface area contributed by atoms with Crippen LogP contribution in [0.5, 0.6) is 0 Å². The van der Waals surface area contributed by atoms with Crippen LogP contribution in [0.2, 0.25) is 0 Å². The Hall–Kier alpha value is -0.260. The fourth-order valence-corrected chi connectivity index (χ4v) is 0.770. The molecule has 0 bridgehead atoms. The molecule has 86 valence electrons. The Balaban J connectivity index is 3.37. The highest BCUT2D eigenvalue weighted by Gasteiger charge is 2.20. The summed E-state index contributed by atoms with van der Waals surface area (Å²) in [5, 5.41) is 12.5. The molecule has 0 heterocycles. The lowest BCUT2D eigenvalue weighted by Gasteiger charge is -2.26. The van der Waals surface area contributed by atoms with Gasteiger partial charge in [-0.15, -0.1) is 0 Å². The van der Waals surface area contributed by atoms with Crippen LogP contribution in [0.4, 0.5) is 8.78 Å². The largest absolute Gasteiger partial charge is 0.389 e. The standard InChI is InChI=1S/C9H19F2NO2/c1-7(9(2,3)13)12-4-5-14-6-8(10)11/h7-8,12-13H,4-6H2,1-3H3. The molecule has 1 atom stereocenters. The predicted octanol–water partition coefficient (Wildman–Crippen LogP) is 1.02. The van der Waals surface area contributed by atoms with Crippen LogP contribution in [0.1, 0.15) is 20.8 Å². The fraction of sp³-hybridized carbons (Fsp3) is 1.00. The highest BCUT2D eigenvalue weighted by molar-refractivity contribution is 4.79. The highest BCUT2D eigenvalue weighted by atomic mass is 19.3. The Morgan fingerprint density at radius 1 is 1.43 bits per heavy atom. The van der Waals surface area contributed by atoms with Gasteiger partial charge in [0.2, 0.25) is 0 Å². The van der Waals surface area contributed by atoms with E-state index in [9.17, 15) is 13.9 Å². The Kier molecular flexibility index (Phi) is 6.15. The third kappa shape index (κ3) is 7.17. The maximum Gasteiger partial charge on any atom is 0.261 e. The summed E-state index contributed by atoms with van der Waals surface area (Å²) in [4.78, 5) is 0. The number of alkyl halides is 2. The normalized spacial score (nSPS) is 14.8. The fourth-order valence-electron chi connectivity index (χ4n) is 0.770. The average molecular weight is 211 g/mol. The molecule has 0 aromatic rings. The number of ether oxygens (including phenoxy) is 1. The second-order valence-electron chi connectivity index (χ2n) is 3.80. The van der Waals surface area contributed by atoms with Gasteiger partial charge in [-0.05, 0) is 20.8 Å². The van der Waals surface area contributed by atoms with Gasteiger partial charge in [-0.2, -0.15) is 0 Å². The summed E-state index contributed by atoms with van der Waals surface area (Å²) >= 11 is 0. The zero-order valence-electron chi connectivity index (χ0n) is 8.89. The van der Waals surface area contributed by atoms with Crippen LogP contribution in [-0.2, 0) is 4.74 Å². The van der Waals surface area contributed by atoms with Crippen LogP contribution in [0, 0.1) is 0 Å². The molecule has 0 fully saturated rings. The van der Waals surface area contributed by atoms with Gasteiger partial charge in [0.05, 0.1) is 12.2 Å². The maximum atomic E-state index is 11.6. The molecule has 0 aromatic carbocycles. The Bertz CT molecular complexity index is 148. The number of nitrogens with one attached hydrogen (secondary N) is 1. The molecule has 2 N–H and O–H groups in total. The SMILES string of the molecule is CC(NCCOCC(F)F)C(C)(C)O. The number of halogens is 2. The first-order valence-corrected chi connectivity index (χ1v) is 4.65. The monoisotopic (exact) mass is 211 g/mol. The van der Waals surface area contributed by atoms with Crippen molar-refractivity contribution in [2.45, 2.75) is 38.8 Å². The minimum atomic E-state index is -2.42. The minimum absolute atomic E-state index is 0.0994. The third-order valence-electron chi connectivity index (χ3n) is 2.00. The quantitative estimate of drug-likeness (QED) is 0.618. The molecule has 0 spiro atoms. The Morgan fingerprint density at radius 3 is 2.43 bits per heavy atom. The van der Waals surface area contributed by atoms with Gasteiger partial charge < -0.3 is 15.2 Å². The molecule has 0 amide bonds. The first-order chi connectivity index (χ1) is 6.34. The zero-order chi connectivity index (χ0) is 11.2. The highest BCUT2D eigenvalue weighted by Crippen LogP contribution is 2.06. The molecular formula is C9H19F2NO2. The van der Waals surface area contributed by atoms with Gasteiger partial charge in [0.1, 0.15) is 6.61 Å². The van der Waals surface area contributed by atoms with Crippen LogP contribution < -0.4 is 5.32 Å². The molecule has 14 heavy (non-hydrogen) atoms. The summed E-state index contributed by atoms with van der Waals surface area (Å²) in [5.74, 6) is 0. The van der Waals surface area contributed by atoms with Crippen molar-refractivity contribution in [2.75, 3.05) is 19.8 Å². The van der Waals surface area contributed by atoms with Crippen molar-refractivity contribution in [1.29, 1.82) is 0 Å². The first-order valence-electron chi connectivity index (χ1n) is 4.65. The summed E-state index contributed by atoms with van der Waals surface area (Å²) in [7, 11) is 0. The predicted molar refractivity (Wildman–Crippen MR) is 50.6 cm³/mol. The van der Waals surface area contributed by atoms with Gasteiger partial charge in [-0.3, -0.25) is 0 Å². The van der Waals surface area contributed by atoms with Crippen LogP contribution in [0.25, 0.3) is 0 Å². The van der Waals surface area contributed by atoms with E-state index in [4.69, 9.17) is 0 Å². The van der Waals surface area contributed by atoms with Gasteiger partial charge in [-0.1, -0.05) is 0 Å². The second kappa shape index (κ2) is 6.27. The van der Waals surface area contributed by atoms with E-state index in [0.29, 0.717) is 6.54 Å². The molecule has 1 unspecified atom stereocenters. The number of hydrogen-bond acceptors (Lipinski definition) is 3. The van der Waals surface area contributed by atoms with Crippen molar-refractivity contribution in [3.63, 3.8) is 0 Å². The smallest absolute Gasteiger partial charge is 0.261 e. The van der Waals surface area contributed by atoms with Crippen LogP contribution in [0.15, 0.2) is 0 Å². The maximum absolute atomic E-state index is 11.6. The molecule has 0 aliphatic carbocycles. The summed E-state index contributed by atoms with van der Waals surface area (Å²) in [6.07, 6.45) is -2.42. The van der Waals surface area contributed by atoms with Crippen molar-refractivity contribution in [1.82, 2.24) is 5.32 Å². The number of hydrogen-bond donors (Lipinski definition) is 2. The zero-order valence-corrected chi connectivity index (χ0v) is 8.89. The van der Waals surface area contributed by atoms with E-state index in [1.54, 1.807) is 13.8 Å². The van der Waals surface area contributed by atoms with E-state index in [2.05, 4.69) is 10.1 Å². The summed E-state index contributed by atoms with van der Waals surface area (Å²) in [6.45, 7) is 5.35. The topological polar surface area (TPSA) is 41.5 Å². The molecule has 0 aromatic heterocycles. The Morgan fingerprint density at radius 2 is 2.00 bits per heavy atom. The van der Waals surface area contributed by atoms with E-state index in [0.717, 1.165) is 0 Å². The lowest BCUT2D eigenvalue weighted by atomic mass is 10.0. The van der Waals surface area contributed by atoms with Crippen LogP contribution in [0.3, 0.4) is 0 Å². The van der Waals surface area contributed by atoms with Gasteiger partial charge in [0.15, 0.2) is 0 Å². The lowest BCUT2D eigenvalue weighted by molar-refractivity contribution is 0.0113. The van der Waals surface area contributed by atoms with Crippen molar-refractivity contribution in [3.05, 3.63) is 0 Å². The van der Waals surface area contributed by atoms with Crippen LogP contribution in [-0.4, -0.2) is 42.9 Å². The van der Waals surface area contributed by atoms with Gasteiger partial charge in [-0.25, -0.2) is 8.78 Å². The lowest BCUT2D eigenvalue weighted by Crippen LogP contribution is -2.45. The van der Waals surface area contributed by atoms with Crippen molar-refractivity contribution < 1.29 is 18.6 Å². The van der Waals surface area contributed by atoms with Crippen molar-refractivity contribution in [2.24, 2.45) is 0 Å². The van der Waals surface area contributed by atoms with Crippen molar-refractivity contribution in [3.8, 4) is 0 Å². The van der Waals surface area contributed by atoms with E-state index in [1.807, 2.05) is 6.92 Å². The molecule has 5 heteroatoms. The molecule has 0 aliphatic rings. The van der Waals surface area contributed by atoms with Crippen LogP contribution >= 0.6 is 0 Å². The molecule has 0 rings (SSSR count). The molecule has 0 aliphatic heterocycles. The van der Waals surface area contributed by atoms with E-state index in [1.165, 1.54) is 0 Å². The van der Waals surface area contributed by atoms with Crippen molar-refractivity contribution >= 4 is 0 Å². The third-order valence-corrected chi connectivity index (χ3v) is 2.00. The average Bonchev–Trinajstić information content (AvgIpc) is 2.01. The van der Waals surface area contributed by atoms with Gasteiger partial charge in [0.25, 0.3) is 6.43 Å². The van der Waals surface area contributed by atoms with Gasteiger partial charge >= 0.3 is 0 Å². The minimum Gasteiger partial charge on any atom is -0.389 e. The summed E-state index contributed by atoms with van der Waals surface area (Å²) < 4.78 is 27.9. The molecule has 0 saturated carbocycles. The molecule has 0 saturated heterocycles. The Labute approximate surface area is 83.4 Å². The second-order valence-corrected chi connectivity index (χ2v) is 3.80. The van der Waals surface area contributed by atoms with E-state index >= 15 is 0 Å². The number of rotatable bonds is 7. The van der Waals surface area contributed by atoms with E-state index < -0.39 is 18.6 Å². The molecule has 0 radical (unpaired) electrons. The molecular weight excluding hydrogens is 192 g/mol. The summed E-state index contributed by atoms with van der Waals surface area (Å²) in [6, 6.07) is -0.0994. The first kappa shape index (κ1) is 13.7. The molecule has 3 nitrogen and oxygen atoms in total. The number of aliphatic hydroxyl groups is 1. The van der Waals surface area contributed by atoms with E-state index in [-0.39, 0.29) is 12.6 Å². The van der Waals surface area contributed by atoms with Gasteiger partial charge in [0, 0.05) is 12.6 Å². The summed E-state index contributed by atoms with van der Waals surface area (Å²) in [5.41, 5.74) is -0.817.